The number of rotatable bonds is 5. The highest BCUT2D eigenvalue weighted by atomic mass is 16.5. The minimum Gasteiger partial charge on any atom is -0.376 e. The zero-order valence-corrected chi connectivity index (χ0v) is 14.0. The molecule has 3 rings (SSSR count). The van der Waals surface area contributed by atoms with E-state index in [2.05, 4.69) is 40.0 Å². The van der Waals surface area contributed by atoms with Crippen LogP contribution in [0.15, 0.2) is 35.7 Å². The molecule has 6 nitrogen and oxygen atoms in total. The molecule has 6 heteroatoms. The van der Waals surface area contributed by atoms with Gasteiger partial charge in [-0.1, -0.05) is 0 Å². The Morgan fingerprint density at radius 1 is 1.54 bits per heavy atom. The first-order valence-electron chi connectivity index (χ1n) is 8.17. The first-order chi connectivity index (χ1) is 11.6. The standard InChI is InChI=1S/C18H22N4O2/c1-13-9-16(14(2)22(13)12-17-6-4-8-24-17)11-20-21-18(23)15-5-3-7-19-10-15/h3,5,7,9-11,17H,4,6,8,12H2,1-2H3,(H,21,23)/b20-11-/t17-/m1/s1. The summed E-state index contributed by atoms with van der Waals surface area (Å²) in [6.07, 6.45) is 7.37. The highest BCUT2D eigenvalue weighted by Crippen LogP contribution is 2.19. The molecule has 24 heavy (non-hydrogen) atoms. The predicted octanol–water partition coefficient (Wildman–Crippen LogP) is 2.44. The smallest absolute Gasteiger partial charge is 0.272 e. The summed E-state index contributed by atoms with van der Waals surface area (Å²) in [5, 5.41) is 4.07. The summed E-state index contributed by atoms with van der Waals surface area (Å²) in [7, 11) is 0. The molecule has 0 unspecified atom stereocenters. The Bertz CT molecular complexity index is 731. The summed E-state index contributed by atoms with van der Waals surface area (Å²) in [6, 6.07) is 5.49. The lowest BCUT2D eigenvalue weighted by atomic mass is 10.2. The molecule has 0 spiro atoms. The second-order valence-corrected chi connectivity index (χ2v) is 6.01. The molecule has 1 N–H and O–H groups in total. The van der Waals surface area contributed by atoms with Gasteiger partial charge in [-0.05, 0) is 44.9 Å². The third-order valence-corrected chi connectivity index (χ3v) is 4.32. The molecular formula is C18H22N4O2. The van der Waals surface area contributed by atoms with Gasteiger partial charge < -0.3 is 9.30 Å². The lowest BCUT2D eigenvalue weighted by Crippen LogP contribution is -2.18. The molecule has 1 saturated heterocycles. The Morgan fingerprint density at radius 3 is 3.12 bits per heavy atom. The third-order valence-electron chi connectivity index (χ3n) is 4.32. The summed E-state index contributed by atoms with van der Waals surface area (Å²) in [5.74, 6) is -0.271. The number of aryl methyl sites for hydroxylation is 1. The van der Waals surface area contributed by atoms with Gasteiger partial charge in [0.25, 0.3) is 5.91 Å². The maximum atomic E-state index is 11.9. The van der Waals surface area contributed by atoms with Crippen LogP contribution >= 0.6 is 0 Å². The minimum absolute atomic E-state index is 0.271. The van der Waals surface area contributed by atoms with Crippen molar-refractivity contribution in [2.24, 2.45) is 5.10 Å². The van der Waals surface area contributed by atoms with E-state index in [4.69, 9.17) is 4.74 Å². The van der Waals surface area contributed by atoms with Gasteiger partial charge in [-0.3, -0.25) is 9.78 Å². The maximum absolute atomic E-state index is 11.9. The van der Waals surface area contributed by atoms with Crippen LogP contribution in [0.25, 0.3) is 0 Å². The lowest BCUT2D eigenvalue weighted by molar-refractivity contribution is 0.0954. The van der Waals surface area contributed by atoms with Gasteiger partial charge in [0.15, 0.2) is 0 Å². The van der Waals surface area contributed by atoms with Gasteiger partial charge in [0.1, 0.15) is 0 Å². The number of hydrazone groups is 1. The Kier molecular flexibility index (Phi) is 5.05. The van der Waals surface area contributed by atoms with Gasteiger partial charge in [0, 0.05) is 42.5 Å². The largest absolute Gasteiger partial charge is 0.376 e. The molecule has 1 amide bonds. The van der Waals surface area contributed by atoms with Crippen molar-refractivity contribution < 1.29 is 9.53 Å². The molecule has 3 heterocycles. The summed E-state index contributed by atoms with van der Waals surface area (Å²) in [5.41, 5.74) is 6.31. The molecule has 0 aliphatic carbocycles. The highest BCUT2D eigenvalue weighted by Gasteiger charge is 2.18. The quantitative estimate of drug-likeness (QED) is 0.678. The van der Waals surface area contributed by atoms with E-state index in [0.29, 0.717) is 11.7 Å². The number of amides is 1. The number of carbonyl (C=O) groups excluding carboxylic acids is 1. The summed E-state index contributed by atoms with van der Waals surface area (Å²) in [6.45, 7) is 5.87. The van der Waals surface area contributed by atoms with Crippen LogP contribution in [-0.4, -0.2) is 34.4 Å². The molecule has 126 valence electrons. The van der Waals surface area contributed by atoms with E-state index in [1.54, 1.807) is 24.5 Å². The number of ether oxygens (including phenoxy) is 1. The van der Waals surface area contributed by atoms with Crippen molar-refractivity contribution in [2.45, 2.75) is 39.3 Å². The van der Waals surface area contributed by atoms with E-state index in [1.807, 2.05) is 0 Å². The Hall–Kier alpha value is -2.47. The van der Waals surface area contributed by atoms with E-state index in [9.17, 15) is 4.79 Å². The van der Waals surface area contributed by atoms with Gasteiger partial charge in [0.05, 0.1) is 17.9 Å². The molecule has 0 aromatic carbocycles. The highest BCUT2D eigenvalue weighted by molar-refractivity contribution is 5.94. The van der Waals surface area contributed by atoms with Crippen molar-refractivity contribution in [3.05, 3.63) is 53.1 Å². The van der Waals surface area contributed by atoms with Gasteiger partial charge >= 0.3 is 0 Å². The Balaban J connectivity index is 1.65. The molecule has 2 aromatic rings. The Labute approximate surface area is 141 Å². The van der Waals surface area contributed by atoms with Crippen LogP contribution in [0.2, 0.25) is 0 Å². The molecule has 1 atom stereocenters. The molecular weight excluding hydrogens is 304 g/mol. The van der Waals surface area contributed by atoms with Crippen LogP contribution < -0.4 is 5.43 Å². The zero-order chi connectivity index (χ0) is 16.9. The van der Waals surface area contributed by atoms with E-state index < -0.39 is 0 Å². The van der Waals surface area contributed by atoms with Crippen molar-refractivity contribution in [2.75, 3.05) is 6.61 Å². The number of carbonyl (C=O) groups is 1. The normalized spacial score (nSPS) is 17.5. The van der Waals surface area contributed by atoms with Gasteiger partial charge in [-0.25, -0.2) is 5.43 Å². The fourth-order valence-electron chi connectivity index (χ4n) is 2.95. The van der Waals surface area contributed by atoms with Crippen molar-refractivity contribution in [3.8, 4) is 0 Å². The minimum atomic E-state index is -0.271. The van der Waals surface area contributed by atoms with Gasteiger partial charge in [0.2, 0.25) is 0 Å². The second-order valence-electron chi connectivity index (χ2n) is 6.01. The van der Waals surface area contributed by atoms with Crippen LogP contribution in [0.1, 0.15) is 40.2 Å². The van der Waals surface area contributed by atoms with Crippen LogP contribution in [0.4, 0.5) is 0 Å². The molecule has 1 aliphatic heterocycles. The van der Waals surface area contributed by atoms with Crippen LogP contribution in [0.3, 0.4) is 0 Å². The fourth-order valence-corrected chi connectivity index (χ4v) is 2.95. The zero-order valence-electron chi connectivity index (χ0n) is 14.0. The van der Waals surface area contributed by atoms with Crippen molar-refractivity contribution in [1.29, 1.82) is 0 Å². The summed E-state index contributed by atoms with van der Waals surface area (Å²) >= 11 is 0. The molecule has 1 aliphatic rings. The molecule has 0 saturated carbocycles. The van der Waals surface area contributed by atoms with Crippen LogP contribution in [0, 0.1) is 13.8 Å². The van der Waals surface area contributed by atoms with Gasteiger partial charge in [-0.2, -0.15) is 5.10 Å². The molecule has 1 fully saturated rings. The predicted molar refractivity (Wildman–Crippen MR) is 92.2 cm³/mol. The summed E-state index contributed by atoms with van der Waals surface area (Å²) < 4.78 is 7.97. The SMILES string of the molecule is Cc1cc(/C=N\NC(=O)c2cccnc2)c(C)n1C[C@H]1CCCO1. The first-order valence-corrected chi connectivity index (χ1v) is 8.17. The number of pyridine rings is 1. The number of hydrogen-bond acceptors (Lipinski definition) is 4. The monoisotopic (exact) mass is 326 g/mol. The average Bonchev–Trinajstić information content (AvgIpc) is 3.20. The van der Waals surface area contributed by atoms with Crippen LogP contribution in [0.5, 0.6) is 0 Å². The molecule has 0 radical (unpaired) electrons. The van der Waals surface area contributed by atoms with E-state index in [0.717, 1.165) is 37.3 Å². The van der Waals surface area contributed by atoms with Crippen molar-refractivity contribution in [3.63, 3.8) is 0 Å². The Morgan fingerprint density at radius 2 is 2.42 bits per heavy atom. The maximum Gasteiger partial charge on any atom is 0.272 e. The fraction of sp³-hybridized carbons (Fsp3) is 0.389. The number of aromatic nitrogens is 2. The van der Waals surface area contributed by atoms with Gasteiger partial charge in [-0.15, -0.1) is 0 Å². The number of hydrogen-bond donors (Lipinski definition) is 1. The summed E-state index contributed by atoms with van der Waals surface area (Å²) in [4.78, 5) is 15.9. The lowest BCUT2D eigenvalue weighted by Gasteiger charge is -2.14. The van der Waals surface area contributed by atoms with Crippen LogP contribution in [-0.2, 0) is 11.3 Å². The third kappa shape index (κ3) is 3.71. The second kappa shape index (κ2) is 7.40. The molecule has 2 aromatic heterocycles. The molecule has 0 bridgehead atoms. The van der Waals surface area contributed by atoms with E-state index >= 15 is 0 Å². The van der Waals surface area contributed by atoms with Crippen molar-refractivity contribution >= 4 is 12.1 Å². The van der Waals surface area contributed by atoms with Crippen molar-refractivity contribution in [1.82, 2.24) is 15.0 Å². The van der Waals surface area contributed by atoms with E-state index in [1.165, 1.54) is 11.9 Å². The number of nitrogens with one attached hydrogen (secondary N) is 1. The topological polar surface area (TPSA) is 68.5 Å². The van der Waals surface area contributed by atoms with E-state index in [-0.39, 0.29) is 5.91 Å². The average molecular weight is 326 g/mol. The number of nitrogens with zero attached hydrogens (tertiary/aromatic N) is 3. The first kappa shape index (κ1) is 16.4.